The molecule has 1 saturated heterocycles. The van der Waals surface area contributed by atoms with Crippen LogP contribution in [-0.2, 0) is 4.74 Å². The predicted molar refractivity (Wildman–Crippen MR) is 101 cm³/mol. The van der Waals surface area contributed by atoms with Gasteiger partial charge >= 0.3 is 6.09 Å². The maximum absolute atomic E-state index is 12.0. The molecule has 28 heavy (non-hydrogen) atoms. The molecule has 1 aliphatic rings. The van der Waals surface area contributed by atoms with Crippen LogP contribution in [0.1, 0.15) is 20.8 Å². The van der Waals surface area contributed by atoms with Crippen LogP contribution >= 0.6 is 0 Å². The van der Waals surface area contributed by atoms with Crippen molar-refractivity contribution < 1.29 is 24.1 Å². The van der Waals surface area contributed by atoms with Crippen molar-refractivity contribution in [3.63, 3.8) is 0 Å². The highest BCUT2D eigenvalue weighted by atomic mass is 16.6. The minimum absolute atomic E-state index is 0.0178. The number of anilines is 1. The average Bonchev–Trinajstić information content (AvgIpc) is 3.01. The first-order chi connectivity index (χ1) is 13.1. The van der Waals surface area contributed by atoms with Crippen LogP contribution in [0, 0.1) is 0 Å². The first-order valence-electron chi connectivity index (χ1n) is 8.77. The Kier molecular flexibility index (Phi) is 5.07. The number of β-amino-alcohol motifs (C(OH)–C–C–N with tert-alkyl or cyclic N) is 1. The molecule has 0 spiro atoms. The number of pyridine rings is 1. The van der Waals surface area contributed by atoms with Gasteiger partial charge in [0.25, 0.3) is 0 Å². The van der Waals surface area contributed by atoms with Gasteiger partial charge in [0.2, 0.25) is 5.88 Å². The number of nitrogens with two attached hydrogens (primary N) is 1. The van der Waals surface area contributed by atoms with E-state index in [1.807, 2.05) is 0 Å². The zero-order chi connectivity index (χ0) is 20.5. The first-order valence-corrected chi connectivity index (χ1v) is 8.77. The van der Waals surface area contributed by atoms with Gasteiger partial charge < -0.3 is 30.0 Å². The molecule has 0 aromatic carbocycles. The quantitative estimate of drug-likeness (QED) is 0.696. The maximum Gasteiger partial charge on any atom is 0.410 e. The number of ether oxygens (including phenoxy) is 3. The second-order valence-electron chi connectivity index (χ2n) is 7.75. The van der Waals surface area contributed by atoms with E-state index in [4.69, 9.17) is 19.9 Å². The lowest BCUT2D eigenvalue weighted by molar-refractivity contribution is -0.117. The summed E-state index contributed by atoms with van der Waals surface area (Å²) in [5.41, 5.74) is 5.05. The lowest BCUT2D eigenvalue weighted by Gasteiger charge is -2.45. The number of H-pyrrole nitrogens is 1. The normalized spacial score (nSPS) is 15.7. The van der Waals surface area contributed by atoms with Crippen molar-refractivity contribution in [2.24, 2.45) is 0 Å². The maximum atomic E-state index is 12.0. The third-order valence-corrected chi connectivity index (χ3v) is 4.06. The minimum atomic E-state index is -1.17. The van der Waals surface area contributed by atoms with Gasteiger partial charge in [-0.05, 0) is 26.8 Å². The predicted octanol–water partition coefficient (Wildman–Crippen LogP) is 1.42. The molecule has 4 N–H and O–H groups in total. The van der Waals surface area contributed by atoms with Gasteiger partial charge in [-0.2, -0.15) is 5.10 Å². The van der Waals surface area contributed by atoms with Gasteiger partial charge in [-0.25, -0.2) is 9.78 Å². The largest absolute Gasteiger partial charge is 0.489 e. The summed E-state index contributed by atoms with van der Waals surface area (Å²) in [6.07, 6.45) is 1.08. The molecule has 2 aromatic heterocycles. The Morgan fingerprint density at radius 2 is 2.14 bits per heavy atom. The third kappa shape index (κ3) is 4.28. The fourth-order valence-corrected chi connectivity index (χ4v) is 2.84. The van der Waals surface area contributed by atoms with Crippen LogP contribution in [0.3, 0.4) is 0 Å². The van der Waals surface area contributed by atoms with Crippen LogP contribution in [0.5, 0.6) is 11.6 Å². The van der Waals surface area contributed by atoms with Gasteiger partial charge in [0, 0.05) is 12.3 Å². The first kappa shape index (κ1) is 19.7. The number of hydrogen-bond acceptors (Lipinski definition) is 8. The lowest BCUT2D eigenvalue weighted by Crippen LogP contribution is -2.66. The summed E-state index contributed by atoms with van der Waals surface area (Å²) < 4.78 is 16.4. The molecule has 0 aliphatic carbocycles. The molecule has 10 nitrogen and oxygen atoms in total. The summed E-state index contributed by atoms with van der Waals surface area (Å²) in [7, 11) is 1.49. The van der Waals surface area contributed by atoms with Crippen LogP contribution in [0.15, 0.2) is 18.3 Å². The molecule has 0 unspecified atom stereocenters. The summed E-state index contributed by atoms with van der Waals surface area (Å²) in [5, 5.41) is 17.3. The van der Waals surface area contributed by atoms with Crippen molar-refractivity contribution in [2.45, 2.75) is 32.0 Å². The molecule has 1 amide bonds. The average molecular weight is 391 g/mol. The summed E-state index contributed by atoms with van der Waals surface area (Å²) in [5.74, 6) is 1.09. The highest BCUT2D eigenvalue weighted by Crippen LogP contribution is 2.37. The molecule has 1 fully saturated rings. The van der Waals surface area contributed by atoms with E-state index in [-0.39, 0.29) is 19.7 Å². The summed E-state index contributed by atoms with van der Waals surface area (Å²) in [4.78, 5) is 17.6. The number of nitrogens with one attached hydrogen (secondary N) is 1. The Morgan fingerprint density at radius 1 is 1.43 bits per heavy atom. The zero-order valence-electron chi connectivity index (χ0n) is 16.4. The Bertz CT molecular complexity index is 854. The van der Waals surface area contributed by atoms with Gasteiger partial charge in [0.05, 0.1) is 25.9 Å². The molecule has 3 rings (SSSR count). The number of likely N-dealkylation sites (tertiary alicyclic amines) is 1. The Balaban J connectivity index is 1.68. The lowest BCUT2D eigenvalue weighted by atomic mass is 9.96. The van der Waals surface area contributed by atoms with Crippen LogP contribution < -0.4 is 15.2 Å². The van der Waals surface area contributed by atoms with Crippen molar-refractivity contribution in [3.8, 4) is 22.9 Å². The number of aromatic amines is 1. The Hall–Kier alpha value is -3.01. The molecular formula is C18H25N5O5. The van der Waals surface area contributed by atoms with Gasteiger partial charge in [-0.1, -0.05) is 0 Å². The molecule has 0 saturated carbocycles. The number of aromatic nitrogens is 3. The van der Waals surface area contributed by atoms with E-state index in [1.54, 1.807) is 32.9 Å². The molecular weight excluding hydrogens is 366 g/mol. The van der Waals surface area contributed by atoms with Crippen molar-refractivity contribution in [1.29, 1.82) is 0 Å². The Labute approximate surface area is 162 Å². The van der Waals surface area contributed by atoms with Crippen LogP contribution in [0.2, 0.25) is 0 Å². The van der Waals surface area contributed by atoms with Crippen molar-refractivity contribution in [2.75, 3.05) is 32.5 Å². The summed E-state index contributed by atoms with van der Waals surface area (Å²) >= 11 is 0. The summed E-state index contributed by atoms with van der Waals surface area (Å²) in [6, 6.07) is 3.29. The highest BCUT2D eigenvalue weighted by Gasteiger charge is 2.46. The zero-order valence-corrected chi connectivity index (χ0v) is 16.4. The highest BCUT2D eigenvalue weighted by molar-refractivity contribution is 5.73. The van der Waals surface area contributed by atoms with E-state index in [2.05, 4.69) is 15.2 Å². The summed E-state index contributed by atoms with van der Waals surface area (Å²) in [6.45, 7) is 5.60. The van der Waals surface area contributed by atoms with Crippen molar-refractivity contribution in [1.82, 2.24) is 20.1 Å². The number of nitrogens with zero attached hydrogens (tertiary/aromatic N) is 3. The number of carbonyl (C=O) groups is 1. The van der Waals surface area contributed by atoms with E-state index in [9.17, 15) is 9.90 Å². The van der Waals surface area contributed by atoms with E-state index >= 15 is 0 Å². The number of nitrogen functional groups attached to an aromatic ring is 1. The molecule has 0 radical (unpaired) electrons. The number of methoxy groups -OCH3 is 1. The second-order valence-corrected chi connectivity index (χ2v) is 7.75. The topological polar surface area (TPSA) is 136 Å². The monoisotopic (exact) mass is 391 g/mol. The molecule has 10 heteroatoms. The third-order valence-electron chi connectivity index (χ3n) is 4.06. The van der Waals surface area contributed by atoms with E-state index in [0.717, 1.165) is 0 Å². The molecule has 3 heterocycles. The van der Waals surface area contributed by atoms with Crippen molar-refractivity contribution in [3.05, 3.63) is 18.3 Å². The van der Waals surface area contributed by atoms with E-state index in [1.165, 1.54) is 18.2 Å². The number of aliphatic hydroxyl groups is 1. The van der Waals surface area contributed by atoms with Crippen LogP contribution in [0.25, 0.3) is 11.3 Å². The van der Waals surface area contributed by atoms with E-state index < -0.39 is 17.3 Å². The number of rotatable bonds is 5. The van der Waals surface area contributed by atoms with Gasteiger partial charge in [0.1, 0.15) is 34.9 Å². The number of amides is 1. The molecule has 1 aliphatic heterocycles. The minimum Gasteiger partial charge on any atom is -0.489 e. The van der Waals surface area contributed by atoms with Crippen molar-refractivity contribution >= 4 is 11.9 Å². The molecule has 0 atom stereocenters. The van der Waals surface area contributed by atoms with Crippen LogP contribution in [0.4, 0.5) is 10.6 Å². The fraction of sp³-hybridized carbons (Fsp3) is 0.500. The van der Waals surface area contributed by atoms with Gasteiger partial charge in [0.15, 0.2) is 0 Å². The second kappa shape index (κ2) is 7.19. The molecule has 2 aromatic rings. The number of carbonyl (C=O) groups excluding carboxylic acids is 1. The molecule has 152 valence electrons. The smallest absolute Gasteiger partial charge is 0.410 e. The molecule has 0 bridgehead atoms. The van der Waals surface area contributed by atoms with Gasteiger partial charge in [-0.3, -0.25) is 5.10 Å². The van der Waals surface area contributed by atoms with Gasteiger partial charge in [-0.15, -0.1) is 0 Å². The number of hydrogen-bond donors (Lipinski definition) is 3. The van der Waals surface area contributed by atoms with E-state index in [0.29, 0.717) is 28.7 Å². The van der Waals surface area contributed by atoms with Crippen LogP contribution in [-0.4, -0.2) is 69.3 Å². The Morgan fingerprint density at radius 3 is 2.71 bits per heavy atom. The standard InChI is InChI=1S/C18H25N5O5/c1-17(2,3)28-16(24)23-8-18(25,9-23)10-27-12-5-6-20-15(26-4)14(12)11-7-13(19)22-21-11/h5-7,25H,8-10H2,1-4H3,(H3,19,21,22). The SMILES string of the molecule is COc1nccc(OCC2(O)CN(C(=O)OC(C)(C)C)C2)c1-c1cc(N)n[nH]1. The fourth-order valence-electron chi connectivity index (χ4n) is 2.84.